The number of hydrogen-bond acceptors (Lipinski definition) is 3. The van der Waals surface area contributed by atoms with E-state index in [1.54, 1.807) is 0 Å². The van der Waals surface area contributed by atoms with Crippen LogP contribution < -0.4 is 11.1 Å². The van der Waals surface area contributed by atoms with Crippen LogP contribution in [0, 0.1) is 5.92 Å². The highest BCUT2D eigenvalue weighted by Gasteiger charge is 2.24. The van der Waals surface area contributed by atoms with Gasteiger partial charge in [0.05, 0.1) is 6.42 Å². The quantitative estimate of drug-likeness (QED) is 0.565. The minimum atomic E-state index is -1.25. The molecule has 0 saturated heterocycles. The lowest BCUT2D eigenvalue weighted by molar-refractivity contribution is -0.144. The Hall–Kier alpha value is -1.59. The SMILES string of the molecule is CCC(CC)C(=O)N[C@H](CC(N)=O)C(=O)O. The number of nitrogens with one attached hydrogen (secondary N) is 1. The monoisotopic (exact) mass is 230 g/mol. The van der Waals surface area contributed by atoms with Crippen molar-refractivity contribution in [2.45, 2.75) is 39.2 Å². The van der Waals surface area contributed by atoms with Crippen LogP contribution in [-0.2, 0) is 14.4 Å². The van der Waals surface area contributed by atoms with Gasteiger partial charge in [-0.05, 0) is 12.8 Å². The molecule has 16 heavy (non-hydrogen) atoms. The summed E-state index contributed by atoms with van der Waals surface area (Å²) in [5.74, 6) is -2.58. The Kier molecular flexibility index (Phi) is 6.14. The van der Waals surface area contributed by atoms with Crippen LogP contribution in [0.4, 0.5) is 0 Å². The average molecular weight is 230 g/mol. The fourth-order valence-electron chi connectivity index (χ4n) is 1.35. The lowest BCUT2D eigenvalue weighted by Gasteiger charge is -2.17. The predicted molar refractivity (Wildman–Crippen MR) is 57.4 cm³/mol. The molecule has 0 aliphatic heterocycles. The molecule has 0 unspecified atom stereocenters. The van der Waals surface area contributed by atoms with Gasteiger partial charge in [0.25, 0.3) is 0 Å². The fourth-order valence-corrected chi connectivity index (χ4v) is 1.35. The van der Waals surface area contributed by atoms with E-state index in [4.69, 9.17) is 10.8 Å². The Morgan fingerprint density at radius 2 is 1.75 bits per heavy atom. The molecule has 0 rings (SSSR count). The largest absolute Gasteiger partial charge is 0.480 e. The van der Waals surface area contributed by atoms with Gasteiger partial charge in [0.2, 0.25) is 11.8 Å². The maximum Gasteiger partial charge on any atom is 0.326 e. The van der Waals surface area contributed by atoms with E-state index < -0.39 is 17.9 Å². The van der Waals surface area contributed by atoms with Crippen molar-refractivity contribution in [2.75, 3.05) is 0 Å². The third-order valence-electron chi connectivity index (χ3n) is 2.38. The number of amides is 2. The van der Waals surface area contributed by atoms with Crippen molar-refractivity contribution in [1.82, 2.24) is 5.32 Å². The number of carbonyl (C=O) groups excluding carboxylic acids is 2. The van der Waals surface area contributed by atoms with Crippen LogP contribution in [0.1, 0.15) is 33.1 Å². The van der Waals surface area contributed by atoms with Gasteiger partial charge < -0.3 is 16.2 Å². The van der Waals surface area contributed by atoms with Crippen LogP contribution in [0.15, 0.2) is 0 Å². The normalized spacial score (nSPS) is 12.2. The third-order valence-corrected chi connectivity index (χ3v) is 2.38. The zero-order chi connectivity index (χ0) is 12.7. The first kappa shape index (κ1) is 14.4. The summed E-state index contributed by atoms with van der Waals surface area (Å²) in [4.78, 5) is 32.9. The summed E-state index contributed by atoms with van der Waals surface area (Å²) in [6, 6.07) is -1.23. The fraction of sp³-hybridized carbons (Fsp3) is 0.700. The van der Waals surface area contributed by atoms with Gasteiger partial charge in [0.15, 0.2) is 0 Å². The average Bonchev–Trinajstić information content (AvgIpc) is 2.17. The Labute approximate surface area is 94.2 Å². The van der Waals surface area contributed by atoms with Gasteiger partial charge in [-0.3, -0.25) is 9.59 Å². The zero-order valence-electron chi connectivity index (χ0n) is 9.53. The Bertz CT molecular complexity index is 274. The third kappa shape index (κ3) is 4.77. The summed E-state index contributed by atoms with van der Waals surface area (Å²) in [6.45, 7) is 3.69. The number of carboxylic acid groups (broad SMARTS) is 1. The number of primary amides is 1. The Morgan fingerprint density at radius 1 is 1.25 bits per heavy atom. The van der Waals surface area contributed by atoms with Crippen molar-refractivity contribution >= 4 is 17.8 Å². The van der Waals surface area contributed by atoms with E-state index >= 15 is 0 Å². The molecule has 0 aliphatic carbocycles. The first-order chi connectivity index (χ1) is 7.42. The van der Waals surface area contributed by atoms with Crippen LogP contribution in [0.3, 0.4) is 0 Å². The molecule has 0 saturated carbocycles. The van der Waals surface area contributed by atoms with E-state index in [-0.39, 0.29) is 18.2 Å². The van der Waals surface area contributed by atoms with Crippen molar-refractivity contribution in [2.24, 2.45) is 11.7 Å². The predicted octanol–water partition coefficient (Wildman–Crippen LogP) is -0.133. The van der Waals surface area contributed by atoms with Crippen LogP contribution >= 0.6 is 0 Å². The smallest absolute Gasteiger partial charge is 0.326 e. The molecular weight excluding hydrogens is 212 g/mol. The van der Waals surface area contributed by atoms with E-state index in [1.165, 1.54) is 0 Å². The number of nitrogens with two attached hydrogens (primary N) is 1. The molecule has 0 aromatic heterocycles. The topological polar surface area (TPSA) is 109 Å². The molecule has 0 aromatic rings. The van der Waals surface area contributed by atoms with E-state index in [0.717, 1.165) is 0 Å². The summed E-state index contributed by atoms with van der Waals surface area (Å²) >= 11 is 0. The summed E-state index contributed by atoms with van der Waals surface area (Å²) in [7, 11) is 0. The van der Waals surface area contributed by atoms with Gasteiger partial charge in [0, 0.05) is 5.92 Å². The van der Waals surface area contributed by atoms with Crippen molar-refractivity contribution in [3.8, 4) is 0 Å². The number of hydrogen-bond donors (Lipinski definition) is 3. The lowest BCUT2D eigenvalue weighted by Crippen LogP contribution is -2.45. The highest BCUT2D eigenvalue weighted by Crippen LogP contribution is 2.08. The van der Waals surface area contributed by atoms with Gasteiger partial charge in [0.1, 0.15) is 6.04 Å². The van der Waals surface area contributed by atoms with Gasteiger partial charge in [-0.15, -0.1) is 0 Å². The second-order valence-corrected chi connectivity index (χ2v) is 3.58. The summed E-state index contributed by atoms with van der Waals surface area (Å²) in [5, 5.41) is 11.1. The minimum absolute atomic E-state index is 0.227. The number of carboxylic acids is 1. The molecule has 1 atom stereocenters. The molecule has 0 aromatic carbocycles. The molecule has 6 nitrogen and oxygen atoms in total. The Balaban J connectivity index is 4.44. The first-order valence-corrected chi connectivity index (χ1v) is 5.23. The van der Waals surface area contributed by atoms with Crippen molar-refractivity contribution in [1.29, 1.82) is 0 Å². The molecule has 0 fully saturated rings. The van der Waals surface area contributed by atoms with Crippen LogP contribution in [-0.4, -0.2) is 28.9 Å². The summed E-state index contributed by atoms with van der Waals surface area (Å²) in [5.41, 5.74) is 4.89. The molecule has 2 amide bonds. The van der Waals surface area contributed by atoms with Crippen LogP contribution in [0.5, 0.6) is 0 Å². The van der Waals surface area contributed by atoms with Crippen LogP contribution in [0.2, 0.25) is 0 Å². The number of rotatable bonds is 7. The first-order valence-electron chi connectivity index (χ1n) is 5.23. The van der Waals surface area contributed by atoms with Gasteiger partial charge >= 0.3 is 5.97 Å². The van der Waals surface area contributed by atoms with Gasteiger partial charge in [-0.25, -0.2) is 4.79 Å². The standard InChI is InChI=1S/C10H18N2O4/c1-3-6(4-2)9(14)12-7(10(15)16)5-8(11)13/h6-7H,3-5H2,1-2H3,(H2,11,13)(H,12,14)(H,15,16)/t7-/m1/s1. The molecule has 0 heterocycles. The van der Waals surface area contributed by atoms with Gasteiger partial charge in [-0.2, -0.15) is 0 Å². The zero-order valence-corrected chi connectivity index (χ0v) is 9.53. The molecule has 0 aliphatic rings. The maximum absolute atomic E-state index is 11.6. The molecule has 0 radical (unpaired) electrons. The van der Waals surface area contributed by atoms with E-state index in [9.17, 15) is 14.4 Å². The van der Waals surface area contributed by atoms with Crippen molar-refractivity contribution in [3.05, 3.63) is 0 Å². The van der Waals surface area contributed by atoms with E-state index in [0.29, 0.717) is 12.8 Å². The summed E-state index contributed by atoms with van der Waals surface area (Å²) in [6.07, 6.45) is 0.873. The molecule has 6 heteroatoms. The second kappa shape index (κ2) is 6.81. The Morgan fingerprint density at radius 3 is 2.06 bits per heavy atom. The number of aliphatic carboxylic acids is 1. The molecule has 0 spiro atoms. The maximum atomic E-state index is 11.6. The molecule has 92 valence electrons. The molecular formula is C10H18N2O4. The number of carbonyl (C=O) groups is 3. The van der Waals surface area contributed by atoms with Crippen LogP contribution in [0.25, 0.3) is 0 Å². The highest BCUT2D eigenvalue weighted by atomic mass is 16.4. The molecule has 4 N–H and O–H groups in total. The lowest BCUT2D eigenvalue weighted by atomic mass is 10.0. The summed E-state index contributed by atoms with van der Waals surface area (Å²) < 4.78 is 0. The highest BCUT2D eigenvalue weighted by molar-refractivity contribution is 5.88. The van der Waals surface area contributed by atoms with E-state index in [1.807, 2.05) is 13.8 Å². The minimum Gasteiger partial charge on any atom is -0.480 e. The van der Waals surface area contributed by atoms with Gasteiger partial charge in [-0.1, -0.05) is 13.8 Å². The molecule has 0 bridgehead atoms. The van der Waals surface area contributed by atoms with Crippen molar-refractivity contribution < 1.29 is 19.5 Å². The van der Waals surface area contributed by atoms with E-state index in [2.05, 4.69) is 5.32 Å². The second-order valence-electron chi connectivity index (χ2n) is 3.58. The van der Waals surface area contributed by atoms with Crippen molar-refractivity contribution in [3.63, 3.8) is 0 Å².